The third-order valence-corrected chi connectivity index (χ3v) is 4.84. The smallest absolute Gasteiger partial charge is 0.315 e. The van der Waals surface area contributed by atoms with Crippen molar-refractivity contribution in [3.8, 4) is 0 Å². The van der Waals surface area contributed by atoms with Gasteiger partial charge in [0.15, 0.2) is 0 Å². The van der Waals surface area contributed by atoms with E-state index in [0.29, 0.717) is 17.1 Å². The number of nitrogens with one attached hydrogen (secondary N) is 1. The van der Waals surface area contributed by atoms with Crippen molar-refractivity contribution in [2.75, 3.05) is 26.2 Å². The molecule has 134 valence electrons. The van der Waals surface area contributed by atoms with E-state index in [4.69, 9.17) is 11.6 Å². The van der Waals surface area contributed by atoms with Gasteiger partial charge in [-0.2, -0.15) is 13.2 Å². The van der Waals surface area contributed by atoms with E-state index in [0.717, 1.165) is 32.1 Å². The summed E-state index contributed by atoms with van der Waals surface area (Å²) in [4.78, 5) is 2.09. The SMILES string of the molecule is FC(F)(F)c1ccccc1C(c1ccccc1Cl)N1CCCNCC1. The molecule has 1 aliphatic rings. The van der Waals surface area contributed by atoms with Gasteiger partial charge in [0.05, 0.1) is 11.6 Å². The summed E-state index contributed by atoms with van der Waals surface area (Å²) < 4.78 is 40.8. The molecule has 1 atom stereocenters. The molecule has 1 aliphatic heterocycles. The summed E-state index contributed by atoms with van der Waals surface area (Å²) in [5, 5.41) is 3.79. The second-order valence-corrected chi connectivity index (χ2v) is 6.56. The molecule has 0 amide bonds. The highest BCUT2D eigenvalue weighted by atomic mass is 35.5. The van der Waals surface area contributed by atoms with Gasteiger partial charge >= 0.3 is 6.18 Å². The van der Waals surface area contributed by atoms with Gasteiger partial charge < -0.3 is 5.32 Å². The van der Waals surface area contributed by atoms with Crippen LogP contribution in [0.25, 0.3) is 0 Å². The minimum atomic E-state index is -4.40. The van der Waals surface area contributed by atoms with E-state index < -0.39 is 17.8 Å². The molecule has 2 aromatic carbocycles. The highest BCUT2D eigenvalue weighted by molar-refractivity contribution is 6.31. The predicted octanol–water partition coefficient (Wildman–Crippen LogP) is 4.74. The van der Waals surface area contributed by atoms with Crippen LogP contribution in [0.3, 0.4) is 0 Å². The maximum atomic E-state index is 13.6. The van der Waals surface area contributed by atoms with Crippen LogP contribution in [0.4, 0.5) is 13.2 Å². The first-order valence-corrected chi connectivity index (χ1v) is 8.71. The van der Waals surface area contributed by atoms with E-state index >= 15 is 0 Å². The zero-order valence-electron chi connectivity index (χ0n) is 13.7. The van der Waals surface area contributed by atoms with Gasteiger partial charge in [0.25, 0.3) is 0 Å². The molecule has 25 heavy (non-hydrogen) atoms. The lowest BCUT2D eigenvalue weighted by Crippen LogP contribution is -2.34. The molecule has 1 unspecified atom stereocenters. The molecule has 2 aromatic rings. The molecule has 1 heterocycles. The topological polar surface area (TPSA) is 15.3 Å². The van der Waals surface area contributed by atoms with Gasteiger partial charge in [-0.25, -0.2) is 0 Å². The van der Waals surface area contributed by atoms with Crippen LogP contribution in [0.5, 0.6) is 0 Å². The minimum absolute atomic E-state index is 0.255. The molecule has 0 radical (unpaired) electrons. The average Bonchev–Trinajstić information content (AvgIpc) is 2.86. The Morgan fingerprint density at radius 1 is 0.920 bits per heavy atom. The molecule has 1 fully saturated rings. The molecule has 6 heteroatoms. The van der Waals surface area contributed by atoms with E-state index in [1.54, 1.807) is 24.3 Å². The molecule has 0 aromatic heterocycles. The van der Waals surface area contributed by atoms with E-state index in [1.807, 2.05) is 12.1 Å². The van der Waals surface area contributed by atoms with Gasteiger partial charge in [-0.15, -0.1) is 0 Å². The molecule has 0 spiro atoms. The first-order chi connectivity index (χ1) is 12.0. The Morgan fingerprint density at radius 3 is 2.32 bits per heavy atom. The predicted molar refractivity (Wildman–Crippen MR) is 93.8 cm³/mol. The van der Waals surface area contributed by atoms with Gasteiger partial charge in [-0.1, -0.05) is 48.0 Å². The molecule has 0 bridgehead atoms. The van der Waals surface area contributed by atoms with Crippen molar-refractivity contribution >= 4 is 11.6 Å². The van der Waals surface area contributed by atoms with Gasteiger partial charge in [-0.3, -0.25) is 4.90 Å². The summed E-state index contributed by atoms with van der Waals surface area (Å²) in [6.45, 7) is 3.00. The standard InChI is InChI=1S/C19H20ClF3N2/c20-17-9-4-2-7-15(17)18(25-12-5-10-24-11-13-25)14-6-1-3-8-16(14)19(21,22)23/h1-4,6-9,18,24H,5,10-13H2. The first kappa shape index (κ1) is 18.2. The summed E-state index contributed by atoms with van der Waals surface area (Å²) >= 11 is 6.37. The Bertz CT molecular complexity index is 710. The second kappa shape index (κ2) is 7.77. The van der Waals surface area contributed by atoms with Gasteiger partial charge in [0.2, 0.25) is 0 Å². The van der Waals surface area contributed by atoms with Gasteiger partial charge in [-0.05, 0) is 36.2 Å². The number of halogens is 4. The fourth-order valence-electron chi connectivity index (χ4n) is 3.38. The van der Waals surface area contributed by atoms with Crippen LogP contribution in [0, 0.1) is 0 Å². The lowest BCUT2D eigenvalue weighted by molar-refractivity contribution is -0.138. The Kier molecular flexibility index (Phi) is 5.67. The third kappa shape index (κ3) is 4.17. The molecule has 1 saturated heterocycles. The summed E-state index contributed by atoms with van der Waals surface area (Å²) in [5.74, 6) is 0. The van der Waals surface area contributed by atoms with E-state index in [2.05, 4.69) is 10.2 Å². The number of alkyl halides is 3. The Labute approximate surface area is 150 Å². The summed E-state index contributed by atoms with van der Waals surface area (Å²) in [7, 11) is 0. The van der Waals surface area contributed by atoms with Crippen LogP contribution in [-0.4, -0.2) is 31.1 Å². The fourth-order valence-corrected chi connectivity index (χ4v) is 3.62. The number of hydrogen-bond acceptors (Lipinski definition) is 2. The molecular formula is C19H20ClF3N2. The van der Waals surface area contributed by atoms with Crippen LogP contribution in [0.15, 0.2) is 48.5 Å². The molecule has 0 aliphatic carbocycles. The summed E-state index contributed by atoms with van der Waals surface area (Å²) in [5.41, 5.74) is 0.366. The van der Waals surface area contributed by atoms with Crippen LogP contribution >= 0.6 is 11.6 Å². The summed E-state index contributed by atoms with van der Waals surface area (Å²) in [6, 6.07) is 12.4. The Hall–Kier alpha value is -1.56. The fraction of sp³-hybridized carbons (Fsp3) is 0.368. The number of nitrogens with zero attached hydrogens (tertiary/aromatic N) is 1. The van der Waals surface area contributed by atoms with E-state index in [9.17, 15) is 13.2 Å². The van der Waals surface area contributed by atoms with Crippen molar-refractivity contribution in [2.45, 2.75) is 18.6 Å². The molecule has 2 nitrogen and oxygen atoms in total. The minimum Gasteiger partial charge on any atom is -0.315 e. The Balaban J connectivity index is 2.14. The Morgan fingerprint density at radius 2 is 1.60 bits per heavy atom. The monoisotopic (exact) mass is 368 g/mol. The quantitative estimate of drug-likeness (QED) is 0.841. The zero-order valence-corrected chi connectivity index (χ0v) is 14.4. The maximum absolute atomic E-state index is 13.6. The lowest BCUT2D eigenvalue weighted by atomic mass is 9.92. The number of benzene rings is 2. The normalized spacial score (nSPS) is 17.9. The van der Waals surface area contributed by atoms with Crippen molar-refractivity contribution in [1.82, 2.24) is 10.2 Å². The van der Waals surface area contributed by atoms with Crippen LogP contribution in [-0.2, 0) is 6.18 Å². The van der Waals surface area contributed by atoms with Crippen molar-refractivity contribution in [3.05, 3.63) is 70.2 Å². The van der Waals surface area contributed by atoms with Crippen molar-refractivity contribution in [3.63, 3.8) is 0 Å². The van der Waals surface area contributed by atoms with Crippen LogP contribution in [0.2, 0.25) is 5.02 Å². The lowest BCUT2D eigenvalue weighted by Gasteiger charge is -2.33. The molecule has 3 rings (SSSR count). The molecular weight excluding hydrogens is 349 g/mol. The largest absolute Gasteiger partial charge is 0.416 e. The summed E-state index contributed by atoms with van der Waals surface area (Å²) in [6.07, 6.45) is -3.52. The van der Waals surface area contributed by atoms with Gasteiger partial charge in [0, 0.05) is 24.7 Å². The maximum Gasteiger partial charge on any atom is 0.416 e. The van der Waals surface area contributed by atoms with Crippen LogP contribution < -0.4 is 5.32 Å². The van der Waals surface area contributed by atoms with E-state index in [1.165, 1.54) is 6.07 Å². The van der Waals surface area contributed by atoms with Crippen LogP contribution in [0.1, 0.15) is 29.2 Å². The van der Waals surface area contributed by atoms with Gasteiger partial charge in [0.1, 0.15) is 0 Å². The van der Waals surface area contributed by atoms with Crippen molar-refractivity contribution in [1.29, 1.82) is 0 Å². The average molecular weight is 369 g/mol. The number of hydrogen-bond donors (Lipinski definition) is 1. The second-order valence-electron chi connectivity index (χ2n) is 6.15. The first-order valence-electron chi connectivity index (χ1n) is 8.34. The molecule has 1 N–H and O–H groups in total. The third-order valence-electron chi connectivity index (χ3n) is 4.50. The van der Waals surface area contributed by atoms with Crippen molar-refractivity contribution < 1.29 is 13.2 Å². The highest BCUT2D eigenvalue weighted by Crippen LogP contribution is 2.40. The zero-order chi connectivity index (χ0) is 17.9. The van der Waals surface area contributed by atoms with Crippen molar-refractivity contribution in [2.24, 2.45) is 0 Å². The highest BCUT2D eigenvalue weighted by Gasteiger charge is 2.37. The molecule has 0 saturated carbocycles. The van der Waals surface area contributed by atoms with E-state index in [-0.39, 0.29) is 5.56 Å². The number of rotatable bonds is 3.